The maximum absolute atomic E-state index is 12.3. The van der Waals surface area contributed by atoms with Crippen LogP contribution < -0.4 is 0 Å². The number of nitrogens with zero attached hydrogens (tertiary/aromatic N) is 5. The van der Waals surface area contributed by atoms with Crippen LogP contribution in [0.4, 0.5) is 0 Å². The maximum atomic E-state index is 12.3. The third kappa shape index (κ3) is 4.84. The average molecular weight is 319 g/mol. The first-order valence-electron chi connectivity index (χ1n) is 7.37. The Bertz CT molecular complexity index is 587. The van der Waals surface area contributed by atoms with E-state index >= 15 is 0 Å². The zero-order valence-corrected chi connectivity index (χ0v) is 13.8. The van der Waals surface area contributed by atoms with Gasteiger partial charge in [0, 0.05) is 32.3 Å². The Balaban J connectivity index is 1.74. The fraction of sp³-hybridized carbons (Fsp3) is 0.467. The van der Waals surface area contributed by atoms with Crippen LogP contribution in [0.2, 0.25) is 0 Å². The zero-order valence-electron chi connectivity index (χ0n) is 13.0. The Morgan fingerprint density at radius 2 is 2.09 bits per heavy atom. The van der Waals surface area contributed by atoms with Crippen LogP contribution in [-0.2, 0) is 18.4 Å². The molecule has 0 bridgehead atoms. The molecule has 1 heterocycles. The highest BCUT2D eigenvalue weighted by Gasteiger charge is 2.12. The standard InChI is InChI=1S/C15H21N5OS/c1-3-20(12-13-8-5-4-6-9-13)14(21)10-7-11-22-15-16-17-18-19(15)2/h4-6,8-9H,3,7,10-12H2,1-2H3. The normalized spacial score (nSPS) is 10.6. The van der Waals surface area contributed by atoms with Gasteiger partial charge in [0.1, 0.15) is 0 Å². The molecule has 0 aliphatic carbocycles. The molecule has 2 rings (SSSR count). The van der Waals surface area contributed by atoms with E-state index in [4.69, 9.17) is 0 Å². The molecule has 0 atom stereocenters. The SMILES string of the molecule is CCN(Cc1ccccc1)C(=O)CCCSc1nnnn1C. The molecule has 7 heteroatoms. The van der Waals surface area contributed by atoms with E-state index in [1.807, 2.05) is 49.2 Å². The van der Waals surface area contributed by atoms with Crippen LogP contribution in [-0.4, -0.2) is 43.3 Å². The summed E-state index contributed by atoms with van der Waals surface area (Å²) in [5.41, 5.74) is 1.16. The van der Waals surface area contributed by atoms with Gasteiger partial charge in [-0.1, -0.05) is 42.1 Å². The fourth-order valence-electron chi connectivity index (χ4n) is 2.07. The van der Waals surface area contributed by atoms with E-state index in [1.54, 1.807) is 16.4 Å². The Hall–Kier alpha value is -1.89. The van der Waals surface area contributed by atoms with E-state index in [9.17, 15) is 4.79 Å². The number of aromatic nitrogens is 4. The van der Waals surface area contributed by atoms with E-state index in [0.717, 1.165) is 29.4 Å². The molecule has 6 nitrogen and oxygen atoms in total. The van der Waals surface area contributed by atoms with E-state index < -0.39 is 0 Å². The molecule has 0 N–H and O–H groups in total. The second kappa shape index (κ2) is 8.53. The number of benzene rings is 1. The zero-order chi connectivity index (χ0) is 15.8. The van der Waals surface area contributed by atoms with Crippen LogP contribution in [0.5, 0.6) is 0 Å². The van der Waals surface area contributed by atoms with Crippen molar-refractivity contribution in [3.05, 3.63) is 35.9 Å². The van der Waals surface area contributed by atoms with Crippen molar-refractivity contribution >= 4 is 17.7 Å². The van der Waals surface area contributed by atoms with Gasteiger partial charge in [0.25, 0.3) is 0 Å². The fourth-order valence-corrected chi connectivity index (χ4v) is 2.86. The molecule has 1 aromatic heterocycles. The molecule has 0 unspecified atom stereocenters. The number of rotatable bonds is 8. The van der Waals surface area contributed by atoms with Crippen molar-refractivity contribution in [1.82, 2.24) is 25.1 Å². The molecule has 2 aromatic rings. The lowest BCUT2D eigenvalue weighted by molar-refractivity contribution is -0.131. The number of aryl methyl sites for hydroxylation is 1. The number of tetrazole rings is 1. The van der Waals surface area contributed by atoms with Crippen molar-refractivity contribution in [2.24, 2.45) is 7.05 Å². The molecule has 0 saturated heterocycles. The summed E-state index contributed by atoms with van der Waals surface area (Å²) in [6.07, 6.45) is 1.38. The Labute approximate surface area is 134 Å². The molecular weight excluding hydrogens is 298 g/mol. The Morgan fingerprint density at radius 1 is 1.32 bits per heavy atom. The highest BCUT2D eigenvalue weighted by molar-refractivity contribution is 7.99. The van der Waals surface area contributed by atoms with Gasteiger partial charge in [-0.15, -0.1) is 5.10 Å². The lowest BCUT2D eigenvalue weighted by Crippen LogP contribution is -2.30. The number of carbonyl (C=O) groups is 1. The molecule has 0 saturated carbocycles. The predicted molar refractivity (Wildman–Crippen MR) is 86.3 cm³/mol. The summed E-state index contributed by atoms with van der Waals surface area (Å²) in [4.78, 5) is 14.2. The first-order valence-corrected chi connectivity index (χ1v) is 8.36. The van der Waals surface area contributed by atoms with Crippen molar-refractivity contribution in [3.8, 4) is 0 Å². The Kier molecular flexibility index (Phi) is 6.39. The van der Waals surface area contributed by atoms with Gasteiger partial charge in [0.05, 0.1) is 0 Å². The molecule has 22 heavy (non-hydrogen) atoms. The molecular formula is C15H21N5OS. The molecule has 0 aliphatic rings. The summed E-state index contributed by atoms with van der Waals surface area (Å²) in [6.45, 7) is 3.42. The third-order valence-electron chi connectivity index (χ3n) is 3.30. The summed E-state index contributed by atoms with van der Waals surface area (Å²) >= 11 is 1.58. The van der Waals surface area contributed by atoms with Crippen LogP contribution in [0.3, 0.4) is 0 Å². The summed E-state index contributed by atoms with van der Waals surface area (Å²) in [6, 6.07) is 10.1. The number of amides is 1. The maximum Gasteiger partial charge on any atom is 0.222 e. The van der Waals surface area contributed by atoms with Gasteiger partial charge in [-0.3, -0.25) is 4.79 Å². The van der Waals surface area contributed by atoms with Crippen molar-refractivity contribution < 1.29 is 4.79 Å². The van der Waals surface area contributed by atoms with Crippen molar-refractivity contribution in [2.75, 3.05) is 12.3 Å². The molecule has 1 aromatic carbocycles. The number of hydrogen-bond acceptors (Lipinski definition) is 5. The summed E-state index contributed by atoms with van der Waals surface area (Å²) in [7, 11) is 1.81. The highest BCUT2D eigenvalue weighted by atomic mass is 32.2. The monoisotopic (exact) mass is 319 g/mol. The van der Waals surface area contributed by atoms with Crippen LogP contribution in [0.1, 0.15) is 25.3 Å². The molecule has 0 spiro atoms. The summed E-state index contributed by atoms with van der Waals surface area (Å²) in [5.74, 6) is 1.03. The number of hydrogen-bond donors (Lipinski definition) is 0. The van der Waals surface area contributed by atoms with Gasteiger partial charge in [0.2, 0.25) is 11.1 Å². The minimum Gasteiger partial charge on any atom is -0.339 e. The molecule has 0 radical (unpaired) electrons. The summed E-state index contributed by atoms with van der Waals surface area (Å²) in [5, 5.41) is 12.1. The molecule has 0 fully saturated rings. The number of carbonyl (C=O) groups excluding carboxylic acids is 1. The molecule has 1 amide bonds. The second-order valence-corrected chi connectivity index (χ2v) is 5.99. The van der Waals surface area contributed by atoms with Crippen LogP contribution in [0, 0.1) is 0 Å². The van der Waals surface area contributed by atoms with E-state index in [0.29, 0.717) is 13.0 Å². The first kappa shape index (κ1) is 16.5. The smallest absolute Gasteiger partial charge is 0.222 e. The van der Waals surface area contributed by atoms with Crippen molar-refractivity contribution in [2.45, 2.75) is 31.5 Å². The second-order valence-electron chi connectivity index (χ2n) is 4.93. The largest absolute Gasteiger partial charge is 0.339 e. The molecule has 0 aliphatic heterocycles. The van der Waals surface area contributed by atoms with Crippen LogP contribution in [0.15, 0.2) is 35.5 Å². The van der Waals surface area contributed by atoms with Crippen LogP contribution >= 0.6 is 11.8 Å². The van der Waals surface area contributed by atoms with E-state index in [1.165, 1.54) is 0 Å². The molecule has 118 valence electrons. The van der Waals surface area contributed by atoms with Gasteiger partial charge in [0.15, 0.2) is 0 Å². The average Bonchev–Trinajstić information content (AvgIpc) is 2.95. The Morgan fingerprint density at radius 3 is 2.73 bits per heavy atom. The van der Waals surface area contributed by atoms with Crippen molar-refractivity contribution in [1.29, 1.82) is 0 Å². The van der Waals surface area contributed by atoms with Gasteiger partial charge in [-0.05, 0) is 29.3 Å². The first-order chi connectivity index (χ1) is 10.7. The summed E-state index contributed by atoms with van der Waals surface area (Å²) < 4.78 is 1.64. The highest BCUT2D eigenvalue weighted by Crippen LogP contribution is 2.15. The topological polar surface area (TPSA) is 63.9 Å². The van der Waals surface area contributed by atoms with Crippen LogP contribution in [0.25, 0.3) is 0 Å². The van der Waals surface area contributed by atoms with Crippen molar-refractivity contribution in [3.63, 3.8) is 0 Å². The minimum absolute atomic E-state index is 0.197. The quantitative estimate of drug-likeness (QED) is 0.551. The van der Waals surface area contributed by atoms with E-state index in [-0.39, 0.29) is 5.91 Å². The lowest BCUT2D eigenvalue weighted by Gasteiger charge is -2.21. The minimum atomic E-state index is 0.197. The third-order valence-corrected chi connectivity index (χ3v) is 4.39. The predicted octanol–water partition coefficient (Wildman–Crippen LogP) is 2.13. The van der Waals surface area contributed by atoms with Gasteiger partial charge >= 0.3 is 0 Å². The van der Waals surface area contributed by atoms with Gasteiger partial charge in [-0.25, -0.2) is 4.68 Å². The lowest BCUT2D eigenvalue weighted by atomic mass is 10.2. The van der Waals surface area contributed by atoms with Gasteiger partial charge in [-0.2, -0.15) is 0 Å². The van der Waals surface area contributed by atoms with E-state index in [2.05, 4.69) is 15.5 Å². The number of thioether (sulfide) groups is 1. The van der Waals surface area contributed by atoms with Gasteiger partial charge < -0.3 is 4.90 Å².